The fraction of sp³-hybridized carbons (Fsp3) is 0.867. The van der Waals surface area contributed by atoms with Gasteiger partial charge in [0.2, 0.25) is 5.91 Å². The summed E-state index contributed by atoms with van der Waals surface area (Å²) in [6.45, 7) is 6.58. The summed E-state index contributed by atoms with van der Waals surface area (Å²) in [7, 11) is 0. The van der Waals surface area contributed by atoms with Crippen LogP contribution in [0.25, 0.3) is 0 Å². The molecule has 1 saturated carbocycles. The molecular formula is C15H27N3O3. The molecule has 2 fully saturated rings. The second kappa shape index (κ2) is 7.75. The first-order valence-electron chi connectivity index (χ1n) is 8.07. The van der Waals surface area contributed by atoms with Crippen LogP contribution in [0.15, 0.2) is 0 Å². The van der Waals surface area contributed by atoms with Crippen LogP contribution in [0.5, 0.6) is 0 Å². The third-order valence-electron chi connectivity index (χ3n) is 4.52. The van der Waals surface area contributed by atoms with Gasteiger partial charge in [-0.2, -0.15) is 0 Å². The highest BCUT2D eigenvalue weighted by molar-refractivity contribution is 5.78. The zero-order valence-corrected chi connectivity index (χ0v) is 12.9. The normalized spacial score (nSPS) is 20.0. The van der Waals surface area contributed by atoms with Crippen LogP contribution in [0, 0.1) is 5.92 Å². The van der Waals surface area contributed by atoms with Crippen LogP contribution in [0.1, 0.15) is 32.6 Å². The number of nitrogens with zero attached hydrogens (tertiary/aromatic N) is 2. The minimum Gasteiger partial charge on any atom is -0.481 e. The number of amides is 1. The summed E-state index contributed by atoms with van der Waals surface area (Å²) in [4.78, 5) is 27.1. The van der Waals surface area contributed by atoms with Gasteiger partial charge in [-0.05, 0) is 32.2 Å². The number of hydrogen-bond donors (Lipinski definition) is 2. The third kappa shape index (κ3) is 4.97. The molecule has 1 amide bonds. The van der Waals surface area contributed by atoms with Gasteiger partial charge in [0.15, 0.2) is 0 Å². The van der Waals surface area contributed by atoms with E-state index in [1.807, 2.05) is 0 Å². The van der Waals surface area contributed by atoms with Gasteiger partial charge < -0.3 is 15.3 Å². The molecule has 1 saturated heterocycles. The Morgan fingerprint density at radius 1 is 1.24 bits per heavy atom. The van der Waals surface area contributed by atoms with Crippen molar-refractivity contribution in [3.8, 4) is 0 Å². The molecule has 0 aromatic heterocycles. The molecule has 2 aliphatic rings. The Balaban J connectivity index is 1.58. The lowest BCUT2D eigenvalue weighted by Crippen LogP contribution is -2.45. The van der Waals surface area contributed by atoms with Gasteiger partial charge in [0.05, 0.1) is 12.5 Å². The second-order valence-electron chi connectivity index (χ2n) is 6.03. The molecule has 120 valence electrons. The van der Waals surface area contributed by atoms with E-state index in [1.54, 1.807) is 4.90 Å². The smallest absolute Gasteiger partial charge is 0.306 e. The number of rotatable bonds is 8. The number of likely N-dealkylation sites (N-methyl/N-ethyl adjacent to an activating group) is 1. The Hall–Kier alpha value is -1.14. The van der Waals surface area contributed by atoms with E-state index in [0.717, 1.165) is 25.7 Å². The average molecular weight is 297 g/mol. The van der Waals surface area contributed by atoms with E-state index in [9.17, 15) is 9.59 Å². The van der Waals surface area contributed by atoms with Crippen LogP contribution < -0.4 is 5.32 Å². The summed E-state index contributed by atoms with van der Waals surface area (Å²) in [5.74, 6) is -0.924. The van der Waals surface area contributed by atoms with E-state index in [2.05, 4.69) is 17.1 Å². The minimum atomic E-state index is -0.736. The number of nitrogens with one attached hydrogen (secondary N) is 1. The molecule has 0 aromatic carbocycles. The van der Waals surface area contributed by atoms with Crippen LogP contribution >= 0.6 is 0 Å². The standard InChI is InChI=1S/C15H27N3O3/c1-2-17(13-3-4-13)10-7-16-11-14(19)18-8-5-12(6-9-18)15(20)21/h12-13,16H,2-11H2,1H3,(H,20,21). The first-order valence-corrected chi connectivity index (χ1v) is 8.07. The number of carboxylic acids is 1. The summed E-state index contributed by atoms with van der Waals surface area (Å²) in [5, 5.41) is 12.2. The van der Waals surface area contributed by atoms with Crippen molar-refractivity contribution < 1.29 is 14.7 Å². The maximum Gasteiger partial charge on any atom is 0.306 e. The fourth-order valence-corrected chi connectivity index (χ4v) is 2.94. The van der Waals surface area contributed by atoms with Crippen molar-refractivity contribution >= 4 is 11.9 Å². The number of carbonyl (C=O) groups excluding carboxylic acids is 1. The molecule has 0 aromatic rings. The maximum atomic E-state index is 12.0. The Morgan fingerprint density at radius 3 is 2.43 bits per heavy atom. The van der Waals surface area contributed by atoms with Crippen molar-refractivity contribution in [3.05, 3.63) is 0 Å². The van der Waals surface area contributed by atoms with Crippen LogP contribution in [-0.4, -0.2) is 72.1 Å². The zero-order valence-electron chi connectivity index (χ0n) is 12.9. The summed E-state index contributed by atoms with van der Waals surface area (Å²) < 4.78 is 0. The maximum absolute atomic E-state index is 12.0. The van der Waals surface area contributed by atoms with E-state index in [-0.39, 0.29) is 11.8 Å². The van der Waals surface area contributed by atoms with E-state index in [0.29, 0.717) is 32.5 Å². The Morgan fingerprint density at radius 2 is 1.90 bits per heavy atom. The summed E-state index contributed by atoms with van der Waals surface area (Å²) in [6, 6.07) is 0.766. The third-order valence-corrected chi connectivity index (χ3v) is 4.52. The van der Waals surface area contributed by atoms with Crippen LogP contribution in [0.2, 0.25) is 0 Å². The van der Waals surface area contributed by atoms with Crippen molar-refractivity contribution in [2.45, 2.75) is 38.6 Å². The van der Waals surface area contributed by atoms with Crippen LogP contribution in [0.3, 0.4) is 0 Å². The minimum absolute atomic E-state index is 0.0910. The number of hydrogen-bond acceptors (Lipinski definition) is 4. The lowest BCUT2D eigenvalue weighted by molar-refractivity contribution is -0.145. The highest BCUT2D eigenvalue weighted by Crippen LogP contribution is 2.25. The Bertz CT molecular complexity index is 363. The molecule has 0 bridgehead atoms. The number of carbonyl (C=O) groups is 2. The summed E-state index contributed by atoms with van der Waals surface area (Å²) in [5.41, 5.74) is 0. The zero-order chi connectivity index (χ0) is 15.2. The molecule has 1 aliphatic carbocycles. The van der Waals surface area contributed by atoms with Gasteiger partial charge in [0.1, 0.15) is 0 Å². The van der Waals surface area contributed by atoms with E-state index >= 15 is 0 Å². The Labute approximate surface area is 126 Å². The summed E-state index contributed by atoms with van der Waals surface area (Å²) in [6.07, 6.45) is 3.77. The highest BCUT2D eigenvalue weighted by atomic mass is 16.4. The Kier molecular flexibility index (Phi) is 5.99. The summed E-state index contributed by atoms with van der Waals surface area (Å²) >= 11 is 0. The number of piperidine rings is 1. The van der Waals surface area contributed by atoms with Crippen LogP contribution in [-0.2, 0) is 9.59 Å². The predicted molar refractivity (Wildman–Crippen MR) is 80.1 cm³/mol. The predicted octanol–water partition coefficient (Wildman–Crippen LogP) is 0.384. The fourth-order valence-electron chi connectivity index (χ4n) is 2.94. The van der Waals surface area contributed by atoms with Crippen molar-refractivity contribution in [3.63, 3.8) is 0 Å². The topological polar surface area (TPSA) is 72.9 Å². The van der Waals surface area contributed by atoms with Gasteiger partial charge in [-0.15, -0.1) is 0 Å². The van der Waals surface area contributed by atoms with Gasteiger partial charge in [-0.25, -0.2) is 0 Å². The molecule has 0 unspecified atom stereocenters. The SMILES string of the molecule is CCN(CCNCC(=O)N1CCC(C(=O)O)CC1)C1CC1. The quantitative estimate of drug-likeness (QED) is 0.634. The van der Waals surface area contributed by atoms with Crippen molar-refractivity contribution in [2.24, 2.45) is 5.92 Å². The molecule has 6 heteroatoms. The molecule has 1 heterocycles. The molecule has 2 N–H and O–H groups in total. The van der Waals surface area contributed by atoms with Crippen molar-refractivity contribution in [2.75, 3.05) is 39.3 Å². The van der Waals surface area contributed by atoms with Gasteiger partial charge in [-0.3, -0.25) is 14.5 Å². The molecule has 21 heavy (non-hydrogen) atoms. The largest absolute Gasteiger partial charge is 0.481 e. The molecule has 0 atom stereocenters. The van der Waals surface area contributed by atoms with Crippen molar-refractivity contribution in [1.29, 1.82) is 0 Å². The molecule has 6 nitrogen and oxygen atoms in total. The molecule has 2 rings (SSSR count). The van der Waals surface area contributed by atoms with Gasteiger partial charge in [0, 0.05) is 32.2 Å². The van der Waals surface area contributed by atoms with Gasteiger partial charge in [-0.1, -0.05) is 6.92 Å². The number of likely N-dealkylation sites (tertiary alicyclic amines) is 1. The van der Waals surface area contributed by atoms with E-state index in [1.165, 1.54) is 12.8 Å². The number of carboxylic acid groups (broad SMARTS) is 1. The first-order chi connectivity index (χ1) is 10.1. The van der Waals surface area contributed by atoms with Crippen LogP contribution in [0.4, 0.5) is 0 Å². The average Bonchev–Trinajstić information content (AvgIpc) is 3.32. The van der Waals surface area contributed by atoms with Gasteiger partial charge in [0.25, 0.3) is 0 Å². The second-order valence-corrected chi connectivity index (χ2v) is 6.03. The van der Waals surface area contributed by atoms with E-state index < -0.39 is 5.97 Å². The molecular weight excluding hydrogens is 270 g/mol. The van der Waals surface area contributed by atoms with Crippen molar-refractivity contribution in [1.82, 2.24) is 15.1 Å². The highest BCUT2D eigenvalue weighted by Gasteiger charge is 2.28. The number of aliphatic carboxylic acids is 1. The van der Waals surface area contributed by atoms with Gasteiger partial charge >= 0.3 is 5.97 Å². The lowest BCUT2D eigenvalue weighted by Gasteiger charge is -2.30. The molecule has 1 aliphatic heterocycles. The molecule has 0 radical (unpaired) electrons. The van der Waals surface area contributed by atoms with E-state index in [4.69, 9.17) is 5.11 Å². The lowest BCUT2D eigenvalue weighted by atomic mass is 9.97. The first kappa shape index (κ1) is 16.2. The monoisotopic (exact) mass is 297 g/mol. The molecule has 0 spiro atoms.